The number of rotatable bonds is 3. The molecule has 0 bridgehead atoms. The van der Waals surface area contributed by atoms with Crippen LogP contribution in [0.25, 0.3) is 0 Å². The number of hydrogen-bond donors (Lipinski definition) is 0. The van der Waals surface area contributed by atoms with Crippen LogP contribution in [-0.2, 0) is 9.59 Å². The summed E-state index contributed by atoms with van der Waals surface area (Å²) in [7, 11) is 0. The minimum absolute atomic E-state index is 0.0339. The van der Waals surface area contributed by atoms with Crippen LogP contribution in [0.5, 0.6) is 0 Å². The molecule has 3 aliphatic rings. The van der Waals surface area contributed by atoms with Gasteiger partial charge in [-0.15, -0.1) is 11.3 Å². The summed E-state index contributed by atoms with van der Waals surface area (Å²) < 4.78 is 0. The number of thiophene rings is 1. The zero-order valence-corrected chi connectivity index (χ0v) is 15.0. The first-order valence-corrected chi connectivity index (χ1v) is 9.95. The Balaban J connectivity index is 1.37. The summed E-state index contributed by atoms with van der Waals surface area (Å²) in [4.78, 5) is 43.9. The van der Waals surface area contributed by atoms with Crippen molar-refractivity contribution in [2.45, 2.75) is 31.7 Å². The van der Waals surface area contributed by atoms with E-state index in [0.717, 1.165) is 25.7 Å². The van der Waals surface area contributed by atoms with Gasteiger partial charge in [0.25, 0.3) is 5.91 Å². The lowest BCUT2D eigenvalue weighted by Crippen LogP contribution is -2.55. The second-order valence-corrected chi connectivity index (χ2v) is 8.01. The van der Waals surface area contributed by atoms with E-state index in [4.69, 9.17) is 0 Å². The molecule has 1 saturated carbocycles. The molecule has 6 nitrogen and oxygen atoms in total. The quantitative estimate of drug-likeness (QED) is 0.818. The number of piperazine rings is 1. The van der Waals surface area contributed by atoms with E-state index in [1.807, 2.05) is 27.3 Å². The molecule has 2 saturated heterocycles. The van der Waals surface area contributed by atoms with E-state index < -0.39 is 0 Å². The average Bonchev–Trinajstić information content (AvgIpc) is 3.14. The topological polar surface area (TPSA) is 60.9 Å². The molecule has 134 valence electrons. The average molecular weight is 361 g/mol. The molecule has 1 aliphatic carbocycles. The van der Waals surface area contributed by atoms with Crippen molar-refractivity contribution in [1.82, 2.24) is 14.7 Å². The van der Waals surface area contributed by atoms with Crippen molar-refractivity contribution in [2.75, 3.05) is 32.7 Å². The molecule has 3 heterocycles. The monoisotopic (exact) mass is 361 g/mol. The lowest BCUT2D eigenvalue weighted by atomic mass is 10.1. The van der Waals surface area contributed by atoms with Gasteiger partial charge in [0.2, 0.25) is 11.8 Å². The Morgan fingerprint density at radius 1 is 0.920 bits per heavy atom. The number of carbonyl (C=O) groups excluding carboxylic acids is 3. The highest BCUT2D eigenvalue weighted by Gasteiger charge is 2.39. The Labute approximate surface area is 151 Å². The molecular weight excluding hydrogens is 338 g/mol. The third-order valence-electron chi connectivity index (χ3n) is 5.36. The van der Waals surface area contributed by atoms with Crippen LogP contribution in [0.1, 0.15) is 35.4 Å². The maximum Gasteiger partial charge on any atom is 0.264 e. The predicted molar refractivity (Wildman–Crippen MR) is 94.3 cm³/mol. The van der Waals surface area contributed by atoms with Gasteiger partial charge >= 0.3 is 0 Å². The highest BCUT2D eigenvalue weighted by atomic mass is 32.1. The van der Waals surface area contributed by atoms with Crippen molar-refractivity contribution in [3.63, 3.8) is 0 Å². The molecule has 2 aliphatic heterocycles. The van der Waals surface area contributed by atoms with Gasteiger partial charge in [0.05, 0.1) is 4.88 Å². The van der Waals surface area contributed by atoms with Crippen LogP contribution < -0.4 is 0 Å². The van der Waals surface area contributed by atoms with Crippen molar-refractivity contribution < 1.29 is 14.4 Å². The van der Waals surface area contributed by atoms with Gasteiger partial charge in [-0.25, -0.2) is 0 Å². The van der Waals surface area contributed by atoms with E-state index in [1.165, 1.54) is 11.3 Å². The summed E-state index contributed by atoms with van der Waals surface area (Å²) in [6.07, 6.45) is 3.63. The largest absolute Gasteiger partial charge is 0.339 e. The molecule has 0 spiro atoms. The maximum absolute atomic E-state index is 12.9. The number of hydrogen-bond acceptors (Lipinski definition) is 4. The fraction of sp³-hybridized carbons (Fsp3) is 0.611. The highest BCUT2D eigenvalue weighted by molar-refractivity contribution is 7.12. The molecule has 0 radical (unpaired) electrons. The van der Waals surface area contributed by atoms with E-state index in [9.17, 15) is 14.4 Å². The summed E-state index contributed by atoms with van der Waals surface area (Å²) in [5.74, 6) is 0.493. The normalized spacial score (nSPS) is 23.8. The molecule has 1 aromatic rings. The minimum atomic E-state index is -0.347. The molecule has 1 atom stereocenters. The van der Waals surface area contributed by atoms with E-state index in [-0.39, 0.29) is 29.7 Å². The lowest BCUT2D eigenvalue weighted by molar-refractivity contribution is -0.142. The molecule has 0 aromatic carbocycles. The smallest absolute Gasteiger partial charge is 0.264 e. The predicted octanol–water partition coefficient (Wildman–Crippen LogP) is 1.43. The zero-order valence-electron chi connectivity index (χ0n) is 14.2. The number of amides is 3. The summed E-state index contributed by atoms with van der Waals surface area (Å²) in [6, 6.07) is 3.33. The van der Waals surface area contributed by atoms with Gasteiger partial charge in [-0.1, -0.05) is 6.07 Å². The number of nitrogens with zero attached hydrogens (tertiary/aromatic N) is 3. The maximum atomic E-state index is 12.9. The Kier molecular flexibility index (Phi) is 4.50. The first kappa shape index (κ1) is 16.6. The van der Waals surface area contributed by atoms with Crippen LogP contribution in [0.3, 0.4) is 0 Å². The van der Waals surface area contributed by atoms with Crippen molar-refractivity contribution in [3.05, 3.63) is 22.4 Å². The second kappa shape index (κ2) is 6.78. The first-order valence-electron chi connectivity index (χ1n) is 9.07. The molecular formula is C18H23N3O3S. The minimum Gasteiger partial charge on any atom is -0.339 e. The molecule has 3 amide bonds. The van der Waals surface area contributed by atoms with Crippen LogP contribution in [0, 0.1) is 5.92 Å². The fourth-order valence-electron chi connectivity index (χ4n) is 3.75. The molecule has 25 heavy (non-hydrogen) atoms. The molecule has 1 aromatic heterocycles. The Morgan fingerprint density at radius 2 is 1.60 bits per heavy atom. The van der Waals surface area contributed by atoms with Gasteiger partial charge in [-0.2, -0.15) is 0 Å². The Morgan fingerprint density at radius 3 is 2.20 bits per heavy atom. The van der Waals surface area contributed by atoms with Gasteiger partial charge in [-0.3, -0.25) is 14.4 Å². The molecule has 0 N–H and O–H groups in total. The third-order valence-corrected chi connectivity index (χ3v) is 6.22. The van der Waals surface area contributed by atoms with Gasteiger partial charge in [0, 0.05) is 38.6 Å². The van der Waals surface area contributed by atoms with Crippen molar-refractivity contribution in [2.24, 2.45) is 5.92 Å². The summed E-state index contributed by atoms with van der Waals surface area (Å²) in [5, 5.41) is 1.89. The summed E-state index contributed by atoms with van der Waals surface area (Å²) in [6.45, 7) is 3.04. The third kappa shape index (κ3) is 3.29. The van der Waals surface area contributed by atoms with Crippen LogP contribution >= 0.6 is 11.3 Å². The van der Waals surface area contributed by atoms with Crippen molar-refractivity contribution in [1.29, 1.82) is 0 Å². The van der Waals surface area contributed by atoms with E-state index in [1.54, 1.807) is 4.90 Å². The van der Waals surface area contributed by atoms with Crippen LogP contribution in [0.15, 0.2) is 17.5 Å². The van der Waals surface area contributed by atoms with Crippen molar-refractivity contribution >= 4 is 29.1 Å². The summed E-state index contributed by atoms with van der Waals surface area (Å²) >= 11 is 1.42. The Bertz CT molecular complexity index is 663. The van der Waals surface area contributed by atoms with Crippen LogP contribution in [-0.4, -0.2) is 71.2 Å². The SMILES string of the molecule is O=C(C1CC1)N1CCN(C(=O)[C@H]2CCCN2C(=O)c2cccs2)CC1. The van der Waals surface area contributed by atoms with Crippen LogP contribution in [0.4, 0.5) is 0 Å². The zero-order chi connectivity index (χ0) is 17.4. The number of carbonyl (C=O) groups is 3. The summed E-state index contributed by atoms with van der Waals surface area (Å²) in [5.41, 5.74) is 0. The van der Waals surface area contributed by atoms with Crippen molar-refractivity contribution in [3.8, 4) is 0 Å². The van der Waals surface area contributed by atoms with E-state index in [2.05, 4.69) is 0 Å². The molecule has 3 fully saturated rings. The number of likely N-dealkylation sites (tertiary alicyclic amines) is 1. The molecule has 0 unspecified atom stereocenters. The van der Waals surface area contributed by atoms with E-state index >= 15 is 0 Å². The van der Waals surface area contributed by atoms with Gasteiger partial charge in [0.1, 0.15) is 6.04 Å². The lowest BCUT2D eigenvalue weighted by Gasteiger charge is -2.37. The Hall–Kier alpha value is -1.89. The molecule has 4 rings (SSSR count). The van der Waals surface area contributed by atoms with Gasteiger partial charge in [0.15, 0.2) is 0 Å². The fourth-order valence-corrected chi connectivity index (χ4v) is 4.43. The standard InChI is InChI=1S/C18H23N3O3S/c22-16(13-5-6-13)19-8-10-20(11-9-19)17(23)14-3-1-7-21(14)18(24)15-4-2-12-25-15/h2,4,12-14H,1,3,5-11H2/t14-/m1/s1. The van der Waals surface area contributed by atoms with Crippen LogP contribution in [0.2, 0.25) is 0 Å². The van der Waals surface area contributed by atoms with E-state index in [0.29, 0.717) is 37.6 Å². The first-order chi connectivity index (χ1) is 12.1. The molecule has 7 heteroatoms. The van der Waals surface area contributed by atoms with Gasteiger partial charge in [-0.05, 0) is 37.1 Å². The highest BCUT2D eigenvalue weighted by Crippen LogP contribution is 2.31. The second-order valence-electron chi connectivity index (χ2n) is 7.06. The van der Waals surface area contributed by atoms with Gasteiger partial charge < -0.3 is 14.7 Å².